The number of aromatic nitrogens is 2. The molecule has 0 saturated carbocycles. The van der Waals surface area contributed by atoms with E-state index in [9.17, 15) is 14.4 Å². The van der Waals surface area contributed by atoms with Crippen LogP contribution in [-0.4, -0.2) is 28.0 Å². The van der Waals surface area contributed by atoms with Crippen LogP contribution in [0.4, 0.5) is 5.00 Å². The molecular formula is C18H19N3O4S2. The van der Waals surface area contributed by atoms with Gasteiger partial charge in [0.05, 0.1) is 23.9 Å². The van der Waals surface area contributed by atoms with Crippen molar-refractivity contribution in [2.24, 2.45) is 0 Å². The van der Waals surface area contributed by atoms with Crippen molar-refractivity contribution in [1.29, 1.82) is 0 Å². The van der Waals surface area contributed by atoms with Crippen LogP contribution < -0.4 is 10.9 Å². The lowest BCUT2D eigenvalue weighted by atomic mass is 10.1. The highest BCUT2D eigenvalue weighted by atomic mass is 32.1. The first-order valence-corrected chi connectivity index (χ1v) is 10.2. The number of aryl methyl sites for hydroxylation is 1. The summed E-state index contributed by atoms with van der Waals surface area (Å²) in [6.45, 7) is 5.66. The number of hydrogen-bond acceptors (Lipinski definition) is 7. The average Bonchev–Trinajstić information content (AvgIpc) is 3.22. The first-order chi connectivity index (χ1) is 13.0. The third-order valence-electron chi connectivity index (χ3n) is 4.06. The molecular weight excluding hydrogens is 386 g/mol. The molecule has 0 aliphatic carbocycles. The molecule has 0 spiro atoms. The number of carbonyl (C=O) groups excluding carboxylic acids is 2. The third kappa shape index (κ3) is 3.79. The maximum Gasteiger partial charge on any atom is 0.341 e. The molecule has 0 unspecified atom stereocenters. The number of nitrogens with zero attached hydrogens (tertiary/aromatic N) is 2. The molecule has 0 atom stereocenters. The van der Waals surface area contributed by atoms with Gasteiger partial charge < -0.3 is 10.1 Å². The summed E-state index contributed by atoms with van der Waals surface area (Å²) >= 11 is 2.71. The minimum atomic E-state index is -0.451. The second-order valence-corrected chi connectivity index (χ2v) is 7.90. The highest BCUT2D eigenvalue weighted by molar-refractivity contribution is 7.17. The van der Waals surface area contributed by atoms with E-state index in [1.165, 1.54) is 33.6 Å². The molecule has 0 aliphatic heterocycles. The molecule has 1 N–H and O–H groups in total. The van der Waals surface area contributed by atoms with E-state index >= 15 is 0 Å². The fourth-order valence-corrected chi connectivity index (χ4v) is 4.71. The Bertz CT molecular complexity index is 1060. The molecule has 0 fully saturated rings. The minimum absolute atomic E-state index is 0.182. The van der Waals surface area contributed by atoms with Crippen molar-refractivity contribution >= 4 is 49.8 Å². The van der Waals surface area contributed by atoms with Crippen molar-refractivity contribution in [2.45, 2.75) is 33.7 Å². The van der Waals surface area contributed by atoms with Crippen molar-refractivity contribution in [3.63, 3.8) is 0 Å². The van der Waals surface area contributed by atoms with E-state index in [4.69, 9.17) is 4.74 Å². The third-order valence-corrected chi connectivity index (χ3v) is 5.94. The Morgan fingerprint density at radius 2 is 2.11 bits per heavy atom. The summed E-state index contributed by atoms with van der Waals surface area (Å²) in [5.41, 5.74) is 1.000. The van der Waals surface area contributed by atoms with Crippen molar-refractivity contribution in [2.75, 3.05) is 11.9 Å². The first-order valence-electron chi connectivity index (χ1n) is 8.48. The van der Waals surface area contributed by atoms with Crippen molar-refractivity contribution in [1.82, 2.24) is 9.55 Å². The zero-order chi connectivity index (χ0) is 19.6. The number of anilines is 1. The van der Waals surface area contributed by atoms with Gasteiger partial charge in [0.1, 0.15) is 16.4 Å². The van der Waals surface area contributed by atoms with Gasteiger partial charge >= 0.3 is 5.97 Å². The lowest BCUT2D eigenvalue weighted by Crippen LogP contribution is -2.27. The van der Waals surface area contributed by atoms with Gasteiger partial charge in [0.2, 0.25) is 5.91 Å². The molecule has 3 aromatic heterocycles. The van der Waals surface area contributed by atoms with E-state index in [1.54, 1.807) is 18.4 Å². The Labute approximate surface area is 163 Å². The molecule has 27 heavy (non-hydrogen) atoms. The summed E-state index contributed by atoms with van der Waals surface area (Å²) in [6, 6.07) is 1.69. The van der Waals surface area contributed by atoms with E-state index < -0.39 is 11.9 Å². The second-order valence-electron chi connectivity index (χ2n) is 5.78. The van der Waals surface area contributed by atoms with Gasteiger partial charge in [-0.1, -0.05) is 6.92 Å². The molecule has 142 valence electrons. The van der Waals surface area contributed by atoms with Gasteiger partial charge in [-0.3, -0.25) is 14.2 Å². The number of hydrogen-bond donors (Lipinski definition) is 1. The van der Waals surface area contributed by atoms with E-state index in [0.717, 1.165) is 10.4 Å². The van der Waals surface area contributed by atoms with Crippen LogP contribution in [0, 0.1) is 6.92 Å². The fourth-order valence-electron chi connectivity index (χ4n) is 2.84. The lowest BCUT2D eigenvalue weighted by Gasteiger charge is -2.09. The normalized spacial score (nSPS) is 10.9. The number of fused-ring (bicyclic) bond motifs is 1. The highest BCUT2D eigenvalue weighted by Gasteiger charge is 2.23. The van der Waals surface area contributed by atoms with Gasteiger partial charge in [-0.15, -0.1) is 22.7 Å². The number of carbonyl (C=O) groups is 2. The zero-order valence-electron chi connectivity index (χ0n) is 15.2. The van der Waals surface area contributed by atoms with Crippen LogP contribution >= 0.6 is 22.7 Å². The lowest BCUT2D eigenvalue weighted by molar-refractivity contribution is -0.116. The molecule has 3 heterocycles. The van der Waals surface area contributed by atoms with Crippen LogP contribution in [0.5, 0.6) is 0 Å². The Morgan fingerprint density at radius 3 is 2.81 bits per heavy atom. The Balaban J connectivity index is 1.86. The van der Waals surface area contributed by atoms with E-state index in [1.807, 2.05) is 13.8 Å². The highest BCUT2D eigenvalue weighted by Crippen LogP contribution is 2.34. The van der Waals surface area contributed by atoms with E-state index in [0.29, 0.717) is 27.2 Å². The standard InChI is InChI=1S/C18H19N3O4S2/c1-4-11-10(3)27-16(14(11)18(24)25-5-2)20-13(22)8-21-9-19-15-12(17(21)23)6-7-26-15/h6-7,9H,4-5,8H2,1-3H3,(H,20,22). The number of nitrogens with one attached hydrogen (secondary N) is 1. The predicted molar refractivity (Wildman–Crippen MR) is 107 cm³/mol. The van der Waals surface area contributed by atoms with Gasteiger partial charge in [0, 0.05) is 4.88 Å². The van der Waals surface area contributed by atoms with Crippen LogP contribution in [0.15, 0.2) is 22.6 Å². The largest absolute Gasteiger partial charge is 0.462 e. The molecule has 1 amide bonds. The molecule has 3 rings (SSSR count). The summed E-state index contributed by atoms with van der Waals surface area (Å²) in [5, 5.41) is 5.48. The maximum atomic E-state index is 12.5. The molecule has 3 aromatic rings. The van der Waals surface area contributed by atoms with Crippen molar-refractivity contribution in [3.8, 4) is 0 Å². The quantitative estimate of drug-likeness (QED) is 0.636. The summed E-state index contributed by atoms with van der Waals surface area (Å²) in [6.07, 6.45) is 2.02. The van der Waals surface area contributed by atoms with Gasteiger partial charge in [-0.2, -0.15) is 0 Å². The Morgan fingerprint density at radius 1 is 1.33 bits per heavy atom. The summed E-state index contributed by atoms with van der Waals surface area (Å²) in [5.74, 6) is -0.851. The summed E-state index contributed by atoms with van der Waals surface area (Å²) < 4.78 is 6.39. The summed E-state index contributed by atoms with van der Waals surface area (Å²) in [4.78, 5) is 43.1. The number of amides is 1. The van der Waals surface area contributed by atoms with Crippen molar-refractivity contribution < 1.29 is 14.3 Å². The predicted octanol–water partition coefficient (Wildman–Crippen LogP) is 3.21. The fraction of sp³-hybridized carbons (Fsp3) is 0.333. The van der Waals surface area contributed by atoms with E-state index in [2.05, 4.69) is 10.3 Å². The van der Waals surface area contributed by atoms with Gasteiger partial charge in [0.15, 0.2) is 0 Å². The van der Waals surface area contributed by atoms with Gasteiger partial charge in [-0.05, 0) is 37.3 Å². The Hall–Kier alpha value is -2.52. The van der Waals surface area contributed by atoms with Gasteiger partial charge in [-0.25, -0.2) is 9.78 Å². The number of thiophene rings is 2. The van der Waals surface area contributed by atoms with Gasteiger partial charge in [0.25, 0.3) is 5.56 Å². The number of rotatable bonds is 6. The smallest absolute Gasteiger partial charge is 0.341 e. The van der Waals surface area contributed by atoms with Crippen LogP contribution in [0.1, 0.15) is 34.6 Å². The number of ether oxygens (including phenoxy) is 1. The summed E-state index contributed by atoms with van der Waals surface area (Å²) in [7, 11) is 0. The van der Waals surface area contributed by atoms with Crippen LogP contribution in [0.3, 0.4) is 0 Å². The van der Waals surface area contributed by atoms with Crippen LogP contribution in [-0.2, 0) is 22.5 Å². The molecule has 0 radical (unpaired) electrons. The molecule has 0 bridgehead atoms. The maximum absolute atomic E-state index is 12.5. The molecule has 0 aliphatic rings. The van der Waals surface area contributed by atoms with E-state index in [-0.39, 0.29) is 18.7 Å². The second kappa shape index (κ2) is 8.01. The minimum Gasteiger partial charge on any atom is -0.462 e. The van der Waals surface area contributed by atoms with Crippen LogP contribution in [0.2, 0.25) is 0 Å². The first kappa shape index (κ1) is 19.2. The average molecular weight is 406 g/mol. The number of esters is 1. The molecule has 9 heteroatoms. The molecule has 7 nitrogen and oxygen atoms in total. The topological polar surface area (TPSA) is 90.3 Å². The van der Waals surface area contributed by atoms with Crippen molar-refractivity contribution in [3.05, 3.63) is 44.1 Å². The Kier molecular flexibility index (Phi) is 5.71. The molecule has 0 aromatic carbocycles. The SMILES string of the molecule is CCOC(=O)c1c(NC(=O)Cn2cnc3sccc3c2=O)sc(C)c1CC. The monoisotopic (exact) mass is 405 g/mol. The van der Waals surface area contributed by atoms with Crippen LogP contribution in [0.25, 0.3) is 10.2 Å². The molecule has 0 saturated heterocycles. The zero-order valence-corrected chi connectivity index (χ0v) is 16.8.